The molecule has 0 saturated carbocycles. The number of rotatable bonds is 4. The van der Waals surface area contributed by atoms with Gasteiger partial charge in [0, 0.05) is 33.8 Å². The molecule has 4 rings (SSSR count). The smallest absolute Gasteiger partial charge is 0.270 e. The van der Waals surface area contributed by atoms with Gasteiger partial charge in [0.15, 0.2) is 5.13 Å². The number of thiazole rings is 1. The van der Waals surface area contributed by atoms with Crippen LogP contribution in [-0.4, -0.2) is 20.8 Å². The van der Waals surface area contributed by atoms with Crippen LogP contribution in [0.1, 0.15) is 9.67 Å². The molecule has 128 valence electrons. The fraction of sp³-hybridized carbons (Fsp3) is 0. The van der Waals surface area contributed by atoms with E-state index in [-0.39, 0.29) is 11.6 Å². The largest absolute Gasteiger partial charge is 0.297 e. The minimum Gasteiger partial charge on any atom is -0.297 e. The van der Waals surface area contributed by atoms with E-state index >= 15 is 0 Å². The Bertz CT molecular complexity index is 1120. The zero-order valence-corrected chi connectivity index (χ0v) is 14.7. The molecule has 0 atom stereocenters. The van der Waals surface area contributed by atoms with Crippen LogP contribution >= 0.6 is 22.7 Å². The van der Waals surface area contributed by atoms with Crippen LogP contribution in [-0.2, 0) is 0 Å². The minimum atomic E-state index is -0.453. The van der Waals surface area contributed by atoms with Crippen molar-refractivity contribution in [2.75, 3.05) is 5.32 Å². The van der Waals surface area contributed by atoms with E-state index in [1.807, 2.05) is 23.6 Å². The van der Waals surface area contributed by atoms with Gasteiger partial charge in [-0.1, -0.05) is 6.07 Å². The van der Waals surface area contributed by atoms with Crippen molar-refractivity contribution in [1.82, 2.24) is 9.97 Å². The fourth-order valence-corrected chi connectivity index (χ4v) is 4.02. The highest BCUT2D eigenvalue weighted by molar-refractivity contribution is 7.21. The SMILES string of the molecule is O=C(Nc1nc(-c2ccccn2)cs1)c1cc2cc([N+](=O)[O-])ccc2s1. The Hall–Kier alpha value is -3.17. The molecule has 26 heavy (non-hydrogen) atoms. The summed E-state index contributed by atoms with van der Waals surface area (Å²) in [4.78, 5) is 31.9. The Labute approximate surface area is 155 Å². The molecule has 0 spiro atoms. The molecule has 3 aromatic heterocycles. The maximum Gasteiger partial charge on any atom is 0.270 e. The number of nitro benzene ring substituents is 1. The van der Waals surface area contributed by atoms with E-state index < -0.39 is 4.92 Å². The molecule has 0 aliphatic heterocycles. The third-order valence-electron chi connectivity index (χ3n) is 3.59. The Morgan fingerprint density at radius 3 is 2.81 bits per heavy atom. The number of aromatic nitrogens is 2. The van der Waals surface area contributed by atoms with E-state index in [4.69, 9.17) is 0 Å². The minimum absolute atomic E-state index is 0.00202. The number of amides is 1. The number of carbonyl (C=O) groups is 1. The number of anilines is 1. The molecule has 0 fully saturated rings. The van der Waals surface area contributed by atoms with Gasteiger partial charge < -0.3 is 0 Å². The van der Waals surface area contributed by atoms with E-state index in [2.05, 4.69) is 15.3 Å². The number of pyridine rings is 1. The van der Waals surface area contributed by atoms with Crippen LogP contribution in [0.2, 0.25) is 0 Å². The molecule has 3 heterocycles. The van der Waals surface area contributed by atoms with Crippen LogP contribution in [0, 0.1) is 10.1 Å². The molecule has 4 aromatic rings. The normalized spacial score (nSPS) is 10.8. The summed E-state index contributed by atoms with van der Waals surface area (Å²) >= 11 is 2.59. The molecule has 0 aliphatic carbocycles. The molecule has 9 heteroatoms. The van der Waals surface area contributed by atoms with Crippen molar-refractivity contribution >= 4 is 49.5 Å². The first kappa shape index (κ1) is 16.3. The summed E-state index contributed by atoms with van der Waals surface area (Å²) < 4.78 is 0.814. The summed E-state index contributed by atoms with van der Waals surface area (Å²) in [6.07, 6.45) is 1.68. The average molecular weight is 382 g/mol. The summed E-state index contributed by atoms with van der Waals surface area (Å²) in [7, 11) is 0. The lowest BCUT2D eigenvalue weighted by Crippen LogP contribution is -2.09. The molecule has 1 amide bonds. The van der Waals surface area contributed by atoms with E-state index in [1.54, 1.807) is 18.3 Å². The predicted molar refractivity (Wildman–Crippen MR) is 102 cm³/mol. The number of nitro groups is 1. The Balaban J connectivity index is 1.56. The Morgan fingerprint density at radius 2 is 2.04 bits per heavy atom. The first-order valence-corrected chi connectivity index (χ1v) is 9.16. The summed E-state index contributed by atoms with van der Waals surface area (Å²) in [5.74, 6) is -0.296. The molecule has 7 nitrogen and oxygen atoms in total. The number of nitrogens with zero attached hydrogens (tertiary/aromatic N) is 3. The van der Waals surface area contributed by atoms with Crippen LogP contribution in [0.5, 0.6) is 0 Å². The van der Waals surface area contributed by atoms with Crippen LogP contribution in [0.25, 0.3) is 21.5 Å². The van der Waals surface area contributed by atoms with Gasteiger partial charge in [-0.2, -0.15) is 0 Å². The van der Waals surface area contributed by atoms with Crippen LogP contribution in [0.15, 0.2) is 54.0 Å². The van der Waals surface area contributed by atoms with Crippen LogP contribution < -0.4 is 5.32 Å². The number of hydrogen-bond acceptors (Lipinski definition) is 7. The van der Waals surface area contributed by atoms with Crippen LogP contribution in [0.4, 0.5) is 10.8 Å². The van der Waals surface area contributed by atoms with Gasteiger partial charge in [0.2, 0.25) is 0 Å². The second-order valence-corrected chi connectivity index (χ2v) is 7.24. The van der Waals surface area contributed by atoms with E-state index in [1.165, 1.54) is 34.8 Å². The second kappa shape index (κ2) is 6.62. The summed E-state index contributed by atoms with van der Waals surface area (Å²) in [5, 5.41) is 16.6. The predicted octanol–water partition coefficient (Wildman–Crippen LogP) is 4.58. The molecule has 1 aromatic carbocycles. The highest BCUT2D eigenvalue weighted by Crippen LogP contribution is 2.30. The molecule has 0 radical (unpaired) electrons. The van der Waals surface area contributed by atoms with Gasteiger partial charge in [-0.05, 0) is 24.3 Å². The molecule has 0 saturated heterocycles. The van der Waals surface area contributed by atoms with Gasteiger partial charge >= 0.3 is 0 Å². The Morgan fingerprint density at radius 1 is 1.15 bits per heavy atom. The van der Waals surface area contributed by atoms with Crippen molar-refractivity contribution in [3.8, 4) is 11.4 Å². The summed E-state index contributed by atoms with van der Waals surface area (Å²) in [6, 6.07) is 11.7. The third kappa shape index (κ3) is 3.17. The maximum absolute atomic E-state index is 12.5. The van der Waals surface area contributed by atoms with E-state index in [0.717, 1.165) is 10.4 Å². The molecule has 0 bridgehead atoms. The van der Waals surface area contributed by atoms with Crippen molar-refractivity contribution in [2.24, 2.45) is 0 Å². The second-order valence-electron chi connectivity index (χ2n) is 5.30. The van der Waals surface area contributed by atoms with E-state index in [0.29, 0.717) is 21.1 Å². The first-order valence-electron chi connectivity index (χ1n) is 7.46. The van der Waals surface area contributed by atoms with Gasteiger partial charge in [-0.25, -0.2) is 4.98 Å². The van der Waals surface area contributed by atoms with Gasteiger partial charge in [0.25, 0.3) is 11.6 Å². The topological polar surface area (TPSA) is 98.0 Å². The van der Waals surface area contributed by atoms with Gasteiger partial charge in [0.05, 0.1) is 15.5 Å². The van der Waals surface area contributed by atoms with Crippen molar-refractivity contribution in [2.45, 2.75) is 0 Å². The van der Waals surface area contributed by atoms with E-state index in [9.17, 15) is 14.9 Å². The number of nitrogens with one attached hydrogen (secondary N) is 1. The highest BCUT2D eigenvalue weighted by Gasteiger charge is 2.15. The number of thiophene rings is 1. The Kier molecular flexibility index (Phi) is 4.15. The lowest BCUT2D eigenvalue weighted by Gasteiger charge is -1.98. The molecule has 0 unspecified atom stereocenters. The molecule has 0 aliphatic rings. The first-order chi connectivity index (χ1) is 12.6. The lowest BCUT2D eigenvalue weighted by atomic mass is 10.2. The monoisotopic (exact) mass is 382 g/mol. The van der Waals surface area contributed by atoms with Crippen molar-refractivity contribution < 1.29 is 9.72 Å². The van der Waals surface area contributed by atoms with Crippen molar-refractivity contribution in [3.05, 3.63) is 69.0 Å². The number of carbonyl (C=O) groups excluding carboxylic acids is 1. The van der Waals surface area contributed by atoms with Gasteiger partial charge in [-0.15, -0.1) is 22.7 Å². The van der Waals surface area contributed by atoms with Crippen molar-refractivity contribution in [1.29, 1.82) is 0 Å². The zero-order chi connectivity index (χ0) is 18.1. The maximum atomic E-state index is 12.5. The summed E-state index contributed by atoms with van der Waals surface area (Å²) in [6.45, 7) is 0. The number of benzene rings is 1. The average Bonchev–Trinajstić information content (AvgIpc) is 3.28. The molecular weight excluding hydrogens is 372 g/mol. The third-order valence-corrected chi connectivity index (χ3v) is 5.46. The lowest BCUT2D eigenvalue weighted by molar-refractivity contribution is -0.384. The fourth-order valence-electron chi connectivity index (χ4n) is 2.38. The van der Waals surface area contributed by atoms with Gasteiger partial charge in [0.1, 0.15) is 5.69 Å². The van der Waals surface area contributed by atoms with Crippen LogP contribution in [0.3, 0.4) is 0 Å². The summed E-state index contributed by atoms with van der Waals surface area (Å²) in [5.41, 5.74) is 1.43. The number of non-ortho nitro benzene ring substituents is 1. The molecule has 1 N–H and O–H groups in total. The number of fused-ring (bicyclic) bond motifs is 1. The van der Waals surface area contributed by atoms with Crippen molar-refractivity contribution in [3.63, 3.8) is 0 Å². The number of hydrogen-bond donors (Lipinski definition) is 1. The van der Waals surface area contributed by atoms with Gasteiger partial charge in [-0.3, -0.25) is 25.2 Å². The standard InChI is InChI=1S/C17H10N4O3S2/c22-16(15-8-10-7-11(21(23)24)4-5-14(10)26-15)20-17-19-13(9-25-17)12-3-1-2-6-18-12/h1-9H,(H,19,20,22). The molecular formula is C17H10N4O3S2. The zero-order valence-electron chi connectivity index (χ0n) is 13.1. The highest BCUT2D eigenvalue weighted by atomic mass is 32.1. The quantitative estimate of drug-likeness (QED) is 0.411.